The van der Waals surface area contributed by atoms with E-state index in [2.05, 4.69) is 30.5 Å². The lowest BCUT2D eigenvalue weighted by atomic mass is 9.78. The minimum absolute atomic E-state index is 0.00744. The molecular formula is C35H48N4O8. The molecule has 5 rings (SSSR count). The zero-order valence-electron chi connectivity index (χ0n) is 28.0. The van der Waals surface area contributed by atoms with Gasteiger partial charge in [0.2, 0.25) is 11.8 Å². The first-order valence-electron chi connectivity index (χ1n) is 16.7. The van der Waals surface area contributed by atoms with E-state index in [1.54, 1.807) is 25.7 Å². The summed E-state index contributed by atoms with van der Waals surface area (Å²) in [6.07, 6.45) is 5.22. The fourth-order valence-electron chi connectivity index (χ4n) is 7.09. The Kier molecular flexibility index (Phi) is 9.62. The standard InChI is InChI=1S/C35H48N4O8/c1-33(2,3)47-31(44)36-26-16-10-8-6-7-9-14-23-18-35(23,30(42)43)37-28(40)27-17-24(20-39(27)29(26)41)46-32(45)38-19-22-13-11-12-15-25(22)34(4,5)21-38/h9,11-15,23-24,26-27H,6-8,10,16-21H2,1-5H3,(H,36,44)(H,37,40)(H,42,43)/b14-9+/t23-,24-,26+,27+,35-/m1/s1. The normalized spacial score (nSPS) is 29.9. The maximum atomic E-state index is 14.2. The van der Waals surface area contributed by atoms with Gasteiger partial charge in [-0.3, -0.25) is 9.59 Å². The van der Waals surface area contributed by atoms with Crippen LogP contribution in [0.25, 0.3) is 0 Å². The zero-order chi connectivity index (χ0) is 34.1. The summed E-state index contributed by atoms with van der Waals surface area (Å²) >= 11 is 0. The molecule has 256 valence electrons. The summed E-state index contributed by atoms with van der Waals surface area (Å²) in [5.74, 6) is -2.64. The number of rotatable bonds is 3. The second kappa shape index (κ2) is 13.2. The van der Waals surface area contributed by atoms with Crippen LogP contribution < -0.4 is 10.6 Å². The third-order valence-corrected chi connectivity index (χ3v) is 9.53. The Bertz CT molecular complexity index is 1430. The molecule has 0 bridgehead atoms. The Hall–Kier alpha value is -4.09. The van der Waals surface area contributed by atoms with Crippen molar-refractivity contribution >= 4 is 30.0 Å². The van der Waals surface area contributed by atoms with E-state index < -0.39 is 59.3 Å². The van der Waals surface area contributed by atoms with Crippen LogP contribution in [0.4, 0.5) is 9.59 Å². The molecule has 2 fully saturated rings. The quantitative estimate of drug-likeness (QED) is 0.410. The smallest absolute Gasteiger partial charge is 0.410 e. The van der Waals surface area contributed by atoms with Crippen LogP contribution in [0.2, 0.25) is 0 Å². The van der Waals surface area contributed by atoms with Crippen LogP contribution in [-0.2, 0) is 35.8 Å². The summed E-state index contributed by atoms with van der Waals surface area (Å²) in [5, 5.41) is 15.5. The number of carbonyl (C=O) groups is 5. The summed E-state index contributed by atoms with van der Waals surface area (Å²) in [5.41, 5.74) is -0.362. The summed E-state index contributed by atoms with van der Waals surface area (Å²) in [7, 11) is 0. The first kappa shape index (κ1) is 34.3. The number of ether oxygens (including phenoxy) is 2. The first-order valence-corrected chi connectivity index (χ1v) is 16.7. The maximum absolute atomic E-state index is 14.2. The number of amides is 4. The number of carboxylic acids is 1. The highest BCUT2D eigenvalue weighted by Crippen LogP contribution is 2.45. The second-order valence-electron chi connectivity index (χ2n) is 15.0. The van der Waals surface area contributed by atoms with Crippen molar-refractivity contribution in [1.29, 1.82) is 0 Å². The molecule has 0 aromatic heterocycles. The molecule has 3 aliphatic heterocycles. The third-order valence-electron chi connectivity index (χ3n) is 9.53. The Morgan fingerprint density at radius 2 is 1.83 bits per heavy atom. The number of nitrogens with one attached hydrogen (secondary N) is 2. The lowest BCUT2D eigenvalue weighted by molar-refractivity contribution is -0.145. The molecule has 4 amide bonds. The highest BCUT2D eigenvalue weighted by atomic mass is 16.6. The first-order chi connectivity index (χ1) is 22.1. The molecule has 0 radical (unpaired) electrons. The molecule has 47 heavy (non-hydrogen) atoms. The van der Waals surface area contributed by atoms with E-state index in [0.717, 1.165) is 24.8 Å². The molecule has 12 nitrogen and oxygen atoms in total. The Balaban J connectivity index is 1.38. The second-order valence-corrected chi connectivity index (χ2v) is 15.0. The average Bonchev–Trinajstić information content (AvgIpc) is 3.51. The van der Waals surface area contributed by atoms with Gasteiger partial charge in [-0.2, -0.15) is 0 Å². The minimum Gasteiger partial charge on any atom is -0.479 e. The minimum atomic E-state index is -1.46. The zero-order valence-corrected chi connectivity index (χ0v) is 28.0. The van der Waals surface area contributed by atoms with Crippen LogP contribution in [0.3, 0.4) is 0 Å². The van der Waals surface area contributed by atoms with Crippen molar-refractivity contribution in [3.8, 4) is 0 Å². The molecule has 3 heterocycles. The van der Waals surface area contributed by atoms with Crippen LogP contribution in [0.5, 0.6) is 0 Å². The van der Waals surface area contributed by atoms with Gasteiger partial charge in [0, 0.05) is 30.8 Å². The summed E-state index contributed by atoms with van der Waals surface area (Å²) < 4.78 is 11.4. The van der Waals surface area contributed by atoms with Gasteiger partial charge in [-0.25, -0.2) is 14.4 Å². The van der Waals surface area contributed by atoms with E-state index >= 15 is 0 Å². The number of hydrogen-bond donors (Lipinski definition) is 3. The maximum Gasteiger partial charge on any atom is 0.410 e. The lowest BCUT2D eigenvalue weighted by Crippen LogP contribution is -2.56. The molecule has 4 aliphatic rings. The highest BCUT2D eigenvalue weighted by Gasteiger charge is 2.61. The van der Waals surface area contributed by atoms with Gasteiger partial charge in [0.05, 0.1) is 6.54 Å². The van der Waals surface area contributed by atoms with Gasteiger partial charge in [-0.15, -0.1) is 0 Å². The number of benzene rings is 1. The monoisotopic (exact) mass is 652 g/mol. The van der Waals surface area contributed by atoms with E-state index in [9.17, 15) is 29.1 Å². The van der Waals surface area contributed by atoms with Crippen molar-refractivity contribution in [2.75, 3.05) is 13.1 Å². The molecule has 1 aliphatic carbocycles. The average molecular weight is 653 g/mol. The van der Waals surface area contributed by atoms with E-state index in [1.807, 2.05) is 30.4 Å². The van der Waals surface area contributed by atoms with E-state index in [4.69, 9.17) is 9.47 Å². The van der Waals surface area contributed by atoms with Crippen molar-refractivity contribution in [1.82, 2.24) is 20.4 Å². The van der Waals surface area contributed by atoms with Crippen LogP contribution in [0, 0.1) is 5.92 Å². The SMILES string of the molecule is CC(C)(C)OC(=O)N[C@H]1CCCCC/C=C/[C@@H]2C[C@@]2(C(=O)O)NC(=O)[C@@H]2C[C@@H](OC(=O)N3Cc4ccccc4C(C)(C)C3)CN2C1=O. The molecule has 1 aromatic carbocycles. The number of hydrogen-bond acceptors (Lipinski definition) is 7. The van der Waals surface area contributed by atoms with Crippen molar-refractivity contribution in [3.63, 3.8) is 0 Å². The van der Waals surface area contributed by atoms with Gasteiger partial charge in [-0.1, -0.05) is 63.1 Å². The topological polar surface area (TPSA) is 155 Å². The van der Waals surface area contributed by atoms with E-state index in [1.165, 1.54) is 10.5 Å². The molecule has 5 atom stereocenters. The van der Waals surface area contributed by atoms with Crippen LogP contribution in [0.15, 0.2) is 36.4 Å². The number of carbonyl (C=O) groups excluding carboxylic acids is 4. The van der Waals surface area contributed by atoms with Gasteiger partial charge in [0.1, 0.15) is 29.3 Å². The van der Waals surface area contributed by atoms with Crippen LogP contribution >= 0.6 is 0 Å². The Morgan fingerprint density at radius 3 is 2.55 bits per heavy atom. The molecule has 1 saturated carbocycles. The predicted molar refractivity (Wildman–Crippen MR) is 172 cm³/mol. The summed E-state index contributed by atoms with van der Waals surface area (Å²) in [6, 6.07) is 5.88. The summed E-state index contributed by atoms with van der Waals surface area (Å²) in [4.78, 5) is 69.7. The fourth-order valence-corrected chi connectivity index (χ4v) is 7.09. The van der Waals surface area contributed by atoms with Crippen molar-refractivity contribution in [3.05, 3.63) is 47.5 Å². The number of fused-ring (bicyclic) bond motifs is 3. The largest absolute Gasteiger partial charge is 0.479 e. The Labute approximate surface area is 276 Å². The van der Waals surface area contributed by atoms with Gasteiger partial charge in [0.15, 0.2) is 0 Å². The molecule has 0 spiro atoms. The van der Waals surface area contributed by atoms with Crippen LogP contribution in [-0.4, -0.2) is 87.3 Å². The number of allylic oxidation sites excluding steroid dienone is 1. The Morgan fingerprint density at radius 1 is 1.09 bits per heavy atom. The highest BCUT2D eigenvalue weighted by molar-refractivity contribution is 5.96. The van der Waals surface area contributed by atoms with Crippen LogP contribution in [0.1, 0.15) is 90.7 Å². The van der Waals surface area contributed by atoms with Crippen molar-refractivity contribution < 1.29 is 38.6 Å². The molecular weight excluding hydrogens is 604 g/mol. The molecule has 1 aromatic rings. The number of carboxylic acid groups (broad SMARTS) is 1. The van der Waals surface area contributed by atoms with Crippen molar-refractivity contribution in [2.24, 2.45) is 5.92 Å². The predicted octanol–water partition coefficient (Wildman–Crippen LogP) is 4.26. The molecule has 1 saturated heterocycles. The van der Waals surface area contributed by atoms with Gasteiger partial charge < -0.3 is 35.0 Å². The third kappa shape index (κ3) is 7.73. The number of nitrogens with zero attached hydrogens (tertiary/aromatic N) is 2. The fraction of sp³-hybridized carbons (Fsp3) is 0.629. The molecule has 0 unspecified atom stereocenters. The van der Waals surface area contributed by atoms with Gasteiger partial charge in [0.25, 0.3) is 0 Å². The van der Waals surface area contributed by atoms with Crippen molar-refractivity contribution in [2.45, 2.75) is 121 Å². The van der Waals surface area contributed by atoms with Gasteiger partial charge >= 0.3 is 18.2 Å². The number of aliphatic carboxylic acids is 1. The van der Waals surface area contributed by atoms with E-state index in [0.29, 0.717) is 25.9 Å². The lowest BCUT2D eigenvalue weighted by Gasteiger charge is -2.39. The summed E-state index contributed by atoms with van der Waals surface area (Å²) in [6.45, 7) is 10.0. The van der Waals surface area contributed by atoms with Gasteiger partial charge in [-0.05, 0) is 57.6 Å². The molecule has 12 heteroatoms. The van der Waals surface area contributed by atoms with E-state index in [-0.39, 0.29) is 30.7 Å². The number of alkyl carbamates (subject to hydrolysis) is 1. The molecule has 3 N–H and O–H groups in total.